The lowest BCUT2D eigenvalue weighted by Gasteiger charge is -2.15. The van der Waals surface area contributed by atoms with E-state index < -0.39 is 0 Å². The van der Waals surface area contributed by atoms with Gasteiger partial charge in [-0.15, -0.1) is 0 Å². The quantitative estimate of drug-likeness (QED) is 0.233. The van der Waals surface area contributed by atoms with Crippen molar-refractivity contribution in [2.24, 2.45) is 0 Å². The Morgan fingerprint density at radius 1 is 0.308 bits per heavy atom. The fraction of sp³-hybridized carbons (Fsp3) is 0. The molecule has 1 nitrogen and oxygen atoms in total. The number of hydrogen-bond donors (Lipinski definition) is 1. The lowest BCUT2D eigenvalue weighted by Crippen LogP contribution is -1.93. The van der Waals surface area contributed by atoms with Gasteiger partial charge in [-0.2, -0.15) is 0 Å². The van der Waals surface area contributed by atoms with E-state index in [4.69, 9.17) is 0 Å². The molecule has 1 N–H and O–H groups in total. The maximum Gasteiger partial charge on any atom is 0.0390 e. The monoisotopic (exact) mass is 497 g/mol. The van der Waals surface area contributed by atoms with Crippen LogP contribution in [-0.2, 0) is 0 Å². The van der Waals surface area contributed by atoms with Crippen LogP contribution in [-0.4, -0.2) is 0 Å². The molecule has 0 saturated heterocycles. The van der Waals surface area contributed by atoms with Crippen molar-refractivity contribution < 1.29 is 0 Å². The van der Waals surface area contributed by atoms with Crippen molar-refractivity contribution in [2.45, 2.75) is 0 Å². The second-order valence-corrected chi connectivity index (χ2v) is 9.89. The first kappa shape index (κ1) is 23.0. The zero-order chi connectivity index (χ0) is 26.0. The van der Waals surface area contributed by atoms with Gasteiger partial charge in [-0.05, 0) is 85.3 Å². The van der Waals surface area contributed by atoms with Gasteiger partial charge in [0, 0.05) is 11.4 Å². The van der Waals surface area contributed by atoms with Crippen molar-refractivity contribution in [3.63, 3.8) is 0 Å². The lowest BCUT2D eigenvalue weighted by atomic mass is 9.93. The summed E-state index contributed by atoms with van der Waals surface area (Å²) in [7, 11) is 0. The lowest BCUT2D eigenvalue weighted by molar-refractivity contribution is 1.53. The smallest absolute Gasteiger partial charge is 0.0390 e. The molecule has 0 aromatic heterocycles. The van der Waals surface area contributed by atoms with Crippen molar-refractivity contribution in [3.05, 3.63) is 158 Å². The average Bonchev–Trinajstić information content (AvgIpc) is 3.02. The van der Waals surface area contributed by atoms with Gasteiger partial charge in [0.1, 0.15) is 0 Å². The molecular weight excluding hydrogens is 470 g/mol. The van der Waals surface area contributed by atoms with Gasteiger partial charge < -0.3 is 5.32 Å². The van der Waals surface area contributed by atoms with Crippen LogP contribution in [0.25, 0.3) is 54.9 Å². The number of fused-ring (bicyclic) bond motifs is 3. The molecule has 0 fully saturated rings. The largest absolute Gasteiger partial charge is 0.356 e. The first-order valence-corrected chi connectivity index (χ1v) is 13.4. The number of hydrogen-bond acceptors (Lipinski definition) is 1. The van der Waals surface area contributed by atoms with Crippen LogP contribution in [0.3, 0.4) is 0 Å². The Kier molecular flexibility index (Phi) is 5.88. The molecule has 0 spiro atoms. The molecule has 0 amide bonds. The van der Waals surface area contributed by atoms with E-state index in [1.807, 2.05) is 0 Å². The Morgan fingerprint density at radius 3 is 1.56 bits per heavy atom. The molecule has 0 aliphatic carbocycles. The van der Waals surface area contributed by atoms with E-state index in [2.05, 4.69) is 163 Å². The number of anilines is 2. The van der Waals surface area contributed by atoms with E-state index in [-0.39, 0.29) is 0 Å². The van der Waals surface area contributed by atoms with Crippen LogP contribution in [0.15, 0.2) is 158 Å². The Hall–Kier alpha value is -5.14. The van der Waals surface area contributed by atoms with Gasteiger partial charge in [0.2, 0.25) is 0 Å². The summed E-state index contributed by atoms with van der Waals surface area (Å²) in [4.78, 5) is 0. The number of nitrogens with one attached hydrogen (secondary N) is 1. The minimum atomic E-state index is 1.07. The maximum atomic E-state index is 3.64. The zero-order valence-corrected chi connectivity index (χ0v) is 21.5. The highest BCUT2D eigenvalue weighted by molar-refractivity contribution is 6.13. The van der Waals surface area contributed by atoms with Gasteiger partial charge in [-0.1, -0.05) is 127 Å². The van der Waals surface area contributed by atoms with Crippen LogP contribution in [0.1, 0.15) is 0 Å². The topological polar surface area (TPSA) is 12.0 Å². The maximum absolute atomic E-state index is 3.64. The van der Waals surface area contributed by atoms with Gasteiger partial charge in [0.05, 0.1) is 0 Å². The third-order valence-electron chi connectivity index (χ3n) is 7.44. The van der Waals surface area contributed by atoms with Crippen LogP contribution in [0.5, 0.6) is 0 Å². The summed E-state index contributed by atoms with van der Waals surface area (Å²) >= 11 is 0. The molecule has 0 heterocycles. The summed E-state index contributed by atoms with van der Waals surface area (Å²) in [6.07, 6.45) is 0. The van der Waals surface area contributed by atoms with Gasteiger partial charge in [0.25, 0.3) is 0 Å². The van der Waals surface area contributed by atoms with E-state index in [0.29, 0.717) is 0 Å². The zero-order valence-electron chi connectivity index (χ0n) is 21.5. The van der Waals surface area contributed by atoms with Crippen molar-refractivity contribution in [3.8, 4) is 33.4 Å². The Morgan fingerprint density at radius 2 is 0.846 bits per heavy atom. The van der Waals surface area contributed by atoms with Crippen LogP contribution < -0.4 is 5.32 Å². The molecule has 0 aliphatic heterocycles. The molecule has 184 valence electrons. The first-order chi connectivity index (χ1) is 19.3. The summed E-state index contributed by atoms with van der Waals surface area (Å²) < 4.78 is 0. The molecule has 7 aromatic rings. The Labute approximate surface area is 229 Å². The molecule has 1 heteroatoms. The second-order valence-electron chi connectivity index (χ2n) is 9.89. The summed E-state index contributed by atoms with van der Waals surface area (Å²) in [5, 5.41) is 8.77. The van der Waals surface area contributed by atoms with Gasteiger partial charge in [-0.25, -0.2) is 0 Å². The summed E-state index contributed by atoms with van der Waals surface area (Å²) in [6.45, 7) is 0. The van der Waals surface area contributed by atoms with Gasteiger partial charge >= 0.3 is 0 Å². The van der Waals surface area contributed by atoms with E-state index in [9.17, 15) is 0 Å². The highest BCUT2D eigenvalue weighted by Crippen LogP contribution is 2.37. The molecule has 0 atom stereocenters. The van der Waals surface area contributed by atoms with E-state index in [1.165, 1.54) is 54.9 Å². The predicted molar refractivity (Wildman–Crippen MR) is 167 cm³/mol. The van der Waals surface area contributed by atoms with E-state index >= 15 is 0 Å². The number of rotatable bonds is 5. The molecule has 0 radical (unpaired) electrons. The number of benzene rings is 7. The molecule has 0 saturated carbocycles. The van der Waals surface area contributed by atoms with Crippen LogP contribution in [0, 0.1) is 0 Å². The van der Waals surface area contributed by atoms with E-state index in [1.54, 1.807) is 0 Å². The molecular formula is C38H27N. The van der Waals surface area contributed by atoms with Crippen molar-refractivity contribution >= 4 is 32.9 Å². The highest BCUT2D eigenvalue weighted by Gasteiger charge is 2.11. The normalized spacial score (nSPS) is 11.1. The predicted octanol–water partition coefficient (Wildman–Crippen LogP) is 10.7. The molecule has 7 aromatic carbocycles. The second kappa shape index (κ2) is 9.96. The SMILES string of the molecule is c1ccc(-c2ccc(Nc3ccc(-c4cc5ccccc5c5ccccc45)cc3)cc2-c2ccccc2)cc1. The standard InChI is InChI=1S/C38H27N/c1-3-11-27(12-4-1)34-24-23-32(26-38(34)28-13-5-2-6-14-28)39-31-21-19-29(20-22-31)37-25-30-15-7-8-16-33(30)35-17-9-10-18-36(35)37/h1-26,39H. The van der Waals surface area contributed by atoms with Crippen molar-refractivity contribution in [1.29, 1.82) is 0 Å². The Bertz CT molecular complexity index is 1900. The first-order valence-electron chi connectivity index (χ1n) is 13.4. The average molecular weight is 498 g/mol. The molecule has 0 unspecified atom stereocenters. The minimum absolute atomic E-state index is 1.07. The third-order valence-corrected chi connectivity index (χ3v) is 7.44. The molecule has 7 rings (SSSR count). The van der Waals surface area contributed by atoms with Crippen molar-refractivity contribution in [1.82, 2.24) is 0 Å². The summed E-state index contributed by atoms with van der Waals surface area (Å²) in [5.74, 6) is 0. The van der Waals surface area contributed by atoms with Crippen LogP contribution in [0.2, 0.25) is 0 Å². The third kappa shape index (κ3) is 4.45. The minimum Gasteiger partial charge on any atom is -0.356 e. The molecule has 39 heavy (non-hydrogen) atoms. The fourth-order valence-corrected chi connectivity index (χ4v) is 5.54. The van der Waals surface area contributed by atoms with Crippen molar-refractivity contribution in [2.75, 3.05) is 5.32 Å². The van der Waals surface area contributed by atoms with Crippen LogP contribution >= 0.6 is 0 Å². The summed E-state index contributed by atoms with van der Waals surface area (Å²) in [5.41, 5.74) is 9.47. The molecule has 0 bridgehead atoms. The molecule has 0 aliphatic rings. The highest BCUT2D eigenvalue weighted by atomic mass is 14.9. The van der Waals surface area contributed by atoms with E-state index in [0.717, 1.165) is 11.4 Å². The summed E-state index contributed by atoms with van der Waals surface area (Å²) in [6, 6.07) is 56.3. The van der Waals surface area contributed by atoms with Gasteiger partial charge in [0.15, 0.2) is 0 Å². The Balaban J connectivity index is 1.24. The van der Waals surface area contributed by atoms with Crippen LogP contribution in [0.4, 0.5) is 11.4 Å². The fourth-order valence-electron chi connectivity index (χ4n) is 5.54. The van der Waals surface area contributed by atoms with Gasteiger partial charge in [-0.3, -0.25) is 0 Å².